The quantitative estimate of drug-likeness (QED) is 0.401. The van der Waals surface area contributed by atoms with Gasteiger partial charge in [-0.1, -0.05) is 30.3 Å². The lowest BCUT2D eigenvalue weighted by molar-refractivity contribution is 0.0229. The van der Waals surface area contributed by atoms with Gasteiger partial charge in [0.2, 0.25) is 0 Å². The summed E-state index contributed by atoms with van der Waals surface area (Å²) in [7, 11) is 0. The van der Waals surface area contributed by atoms with Gasteiger partial charge in [-0.3, -0.25) is 0 Å². The van der Waals surface area contributed by atoms with Crippen LogP contribution in [0.15, 0.2) is 72.8 Å². The minimum Gasteiger partial charge on any atom is -0.508 e. The second-order valence-corrected chi connectivity index (χ2v) is 8.42. The Morgan fingerprint density at radius 2 is 1.67 bits per heavy atom. The number of anilines is 1. The number of carbonyl (C=O) groups excluding carboxylic acids is 1. The molecule has 0 radical (unpaired) electrons. The van der Waals surface area contributed by atoms with Crippen molar-refractivity contribution in [2.24, 2.45) is 0 Å². The summed E-state index contributed by atoms with van der Waals surface area (Å²) in [6, 6.07) is 22.7. The number of phenolic OH excluding ortho intramolecular Hbond substituents is 1. The maximum Gasteiger partial charge on any atom is 0.340 e. The summed E-state index contributed by atoms with van der Waals surface area (Å²) >= 11 is 0. The Kier molecular flexibility index (Phi) is 4.18. The molecule has 164 valence electrons. The molecule has 1 unspecified atom stereocenters. The Morgan fingerprint density at radius 1 is 0.879 bits per heavy atom. The highest BCUT2D eigenvalue weighted by atomic mass is 16.6. The van der Waals surface area contributed by atoms with E-state index >= 15 is 0 Å². The molecule has 2 aliphatic rings. The van der Waals surface area contributed by atoms with Crippen LogP contribution in [0, 0.1) is 0 Å². The standard InChI is InChI=1S/C28H23NO4/c1-3-29(4-2)18-11-13-23-25(15-18)32-24-14-10-17-9-12-19(30)16-21(17)26(24)28(23)22-8-6-5-7-20(22)27(31)33-28/h5-16,30H,3-4H2,1-2H3. The third kappa shape index (κ3) is 2.62. The van der Waals surface area contributed by atoms with E-state index in [0.29, 0.717) is 17.1 Å². The average molecular weight is 437 g/mol. The molecular formula is C28H23NO4. The van der Waals surface area contributed by atoms with Crippen LogP contribution in [0.25, 0.3) is 10.8 Å². The molecule has 0 aliphatic carbocycles. The number of hydrogen-bond donors (Lipinski definition) is 1. The summed E-state index contributed by atoms with van der Waals surface area (Å²) in [5.74, 6) is 1.05. The zero-order valence-electron chi connectivity index (χ0n) is 18.5. The summed E-state index contributed by atoms with van der Waals surface area (Å²) < 4.78 is 12.7. The lowest BCUT2D eigenvalue weighted by Gasteiger charge is -2.38. The van der Waals surface area contributed by atoms with E-state index in [0.717, 1.165) is 46.2 Å². The van der Waals surface area contributed by atoms with Gasteiger partial charge < -0.3 is 19.5 Å². The Morgan fingerprint density at radius 3 is 2.48 bits per heavy atom. The summed E-state index contributed by atoms with van der Waals surface area (Å²) in [5.41, 5.74) is 2.73. The molecule has 0 saturated heterocycles. The first-order chi connectivity index (χ1) is 16.1. The molecule has 4 aromatic rings. The van der Waals surface area contributed by atoms with Crippen molar-refractivity contribution < 1.29 is 19.4 Å². The Bertz CT molecular complexity index is 1440. The van der Waals surface area contributed by atoms with Crippen molar-refractivity contribution in [1.82, 2.24) is 0 Å². The van der Waals surface area contributed by atoms with Crippen LogP contribution in [0.4, 0.5) is 5.69 Å². The third-order valence-corrected chi connectivity index (χ3v) is 6.78. The summed E-state index contributed by atoms with van der Waals surface area (Å²) in [4.78, 5) is 15.4. The molecule has 1 N–H and O–H groups in total. The third-order valence-electron chi connectivity index (χ3n) is 6.78. The largest absolute Gasteiger partial charge is 0.508 e. The average Bonchev–Trinajstić information content (AvgIpc) is 3.12. The smallest absolute Gasteiger partial charge is 0.340 e. The first-order valence-corrected chi connectivity index (χ1v) is 11.2. The minimum absolute atomic E-state index is 0.145. The number of ether oxygens (including phenoxy) is 2. The fourth-order valence-corrected chi connectivity index (χ4v) is 5.26. The van der Waals surface area contributed by atoms with Crippen molar-refractivity contribution in [1.29, 1.82) is 0 Å². The number of hydrogen-bond acceptors (Lipinski definition) is 5. The predicted octanol–water partition coefficient (Wildman–Crippen LogP) is 5.96. The number of benzene rings is 4. The van der Waals surface area contributed by atoms with Crippen LogP contribution >= 0.6 is 0 Å². The highest BCUT2D eigenvalue weighted by Gasteiger charge is 2.54. The van der Waals surface area contributed by atoms with Gasteiger partial charge in [0.1, 0.15) is 17.2 Å². The SMILES string of the molecule is CCN(CC)c1ccc2c(c1)Oc1ccc3ccc(O)cc3c1C21OC(=O)c2ccccc21. The molecule has 6 rings (SSSR count). The highest BCUT2D eigenvalue weighted by Crippen LogP contribution is 2.58. The van der Waals surface area contributed by atoms with E-state index in [1.807, 2.05) is 48.5 Å². The van der Waals surface area contributed by atoms with Crippen molar-refractivity contribution in [3.63, 3.8) is 0 Å². The Balaban J connectivity index is 1.72. The van der Waals surface area contributed by atoms with Crippen LogP contribution in [0.2, 0.25) is 0 Å². The van der Waals surface area contributed by atoms with Crippen LogP contribution in [0.3, 0.4) is 0 Å². The second-order valence-electron chi connectivity index (χ2n) is 8.42. The van der Waals surface area contributed by atoms with Crippen molar-refractivity contribution in [3.05, 3.63) is 95.1 Å². The highest BCUT2D eigenvalue weighted by molar-refractivity contribution is 6.00. The van der Waals surface area contributed by atoms with Gasteiger partial charge in [-0.15, -0.1) is 0 Å². The molecule has 0 bridgehead atoms. The maximum atomic E-state index is 13.1. The van der Waals surface area contributed by atoms with Gasteiger partial charge in [-0.05, 0) is 61.0 Å². The minimum atomic E-state index is -1.16. The topological polar surface area (TPSA) is 59.0 Å². The fraction of sp³-hybridized carbons (Fsp3) is 0.179. The molecule has 0 amide bonds. The number of phenols is 1. The van der Waals surface area contributed by atoms with Crippen LogP contribution in [-0.2, 0) is 10.3 Å². The van der Waals surface area contributed by atoms with Gasteiger partial charge in [-0.2, -0.15) is 0 Å². The van der Waals surface area contributed by atoms with Gasteiger partial charge in [-0.25, -0.2) is 4.79 Å². The molecule has 0 fully saturated rings. The summed E-state index contributed by atoms with van der Waals surface area (Å²) in [6.45, 7) is 5.99. The first kappa shape index (κ1) is 19.7. The molecule has 0 saturated carbocycles. The van der Waals surface area contributed by atoms with Crippen molar-refractivity contribution >= 4 is 22.4 Å². The monoisotopic (exact) mass is 437 g/mol. The molecule has 33 heavy (non-hydrogen) atoms. The number of fused-ring (bicyclic) bond motifs is 8. The molecule has 1 atom stereocenters. The lowest BCUT2D eigenvalue weighted by atomic mass is 9.76. The van der Waals surface area contributed by atoms with Crippen molar-refractivity contribution in [3.8, 4) is 17.2 Å². The number of aromatic hydroxyl groups is 1. The zero-order valence-corrected chi connectivity index (χ0v) is 18.5. The lowest BCUT2D eigenvalue weighted by Crippen LogP contribution is -2.33. The van der Waals surface area contributed by atoms with Gasteiger partial charge in [0, 0.05) is 36.0 Å². The molecule has 0 aromatic heterocycles. The van der Waals surface area contributed by atoms with Gasteiger partial charge >= 0.3 is 5.97 Å². The van der Waals surface area contributed by atoms with Crippen LogP contribution in [0.1, 0.15) is 40.9 Å². The van der Waals surface area contributed by atoms with E-state index in [-0.39, 0.29) is 11.7 Å². The predicted molar refractivity (Wildman–Crippen MR) is 127 cm³/mol. The number of carbonyl (C=O) groups is 1. The maximum absolute atomic E-state index is 13.1. The van der Waals surface area contributed by atoms with Gasteiger partial charge in [0.15, 0.2) is 5.60 Å². The summed E-state index contributed by atoms with van der Waals surface area (Å²) in [6.07, 6.45) is 0. The molecule has 5 nitrogen and oxygen atoms in total. The van der Waals surface area contributed by atoms with E-state index in [1.165, 1.54) is 0 Å². The second kappa shape index (κ2) is 7.01. The molecule has 1 spiro atoms. The molecule has 2 heterocycles. The van der Waals surface area contributed by atoms with E-state index < -0.39 is 5.60 Å². The number of rotatable bonds is 3. The van der Waals surface area contributed by atoms with Crippen molar-refractivity contribution in [2.75, 3.05) is 18.0 Å². The van der Waals surface area contributed by atoms with Crippen LogP contribution in [-0.4, -0.2) is 24.2 Å². The molecule has 4 aromatic carbocycles. The van der Waals surface area contributed by atoms with Gasteiger partial charge in [0.05, 0.1) is 11.1 Å². The van der Waals surface area contributed by atoms with Crippen LogP contribution < -0.4 is 9.64 Å². The van der Waals surface area contributed by atoms with Crippen LogP contribution in [0.5, 0.6) is 17.2 Å². The molecule has 2 aliphatic heterocycles. The summed E-state index contributed by atoms with van der Waals surface area (Å²) in [5, 5.41) is 12.0. The van der Waals surface area contributed by atoms with E-state index in [4.69, 9.17) is 9.47 Å². The van der Waals surface area contributed by atoms with E-state index in [9.17, 15) is 9.90 Å². The first-order valence-electron chi connectivity index (χ1n) is 11.2. The fourth-order valence-electron chi connectivity index (χ4n) is 5.26. The van der Waals surface area contributed by atoms with E-state index in [1.54, 1.807) is 18.2 Å². The van der Waals surface area contributed by atoms with E-state index in [2.05, 4.69) is 24.8 Å². The molecule has 5 heteroatoms. The Hall–Kier alpha value is -3.99. The molecular weight excluding hydrogens is 414 g/mol. The normalized spacial score (nSPS) is 17.8. The van der Waals surface area contributed by atoms with Gasteiger partial charge in [0.25, 0.3) is 0 Å². The number of esters is 1. The Labute approximate surface area is 191 Å². The van der Waals surface area contributed by atoms with Crippen molar-refractivity contribution in [2.45, 2.75) is 19.4 Å². The zero-order chi connectivity index (χ0) is 22.7. The number of nitrogens with zero attached hydrogens (tertiary/aromatic N) is 1.